The summed E-state index contributed by atoms with van der Waals surface area (Å²) in [6, 6.07) is 0.0466. The molecular formula is C10H21NO3. The fraction of sp³-hybridized carbons (Fsp3) is 0.900. The van der Waals surface area contributed by atoms with Crippen molar-refractivity contribution in [3.63, 3.8) is 0 Å². The van der Waals surface area contributed by atoms with E-state index in [0.717, 1.165) is 6.42 Å². The van der Waals surface area contributed by atoms with Gasteiger partial charge in [-0.1, -0.05) is 0 Å². The van der Waals surface area contributed by atoms with E-state index in [0.29, 0.717) is 12.8 Å². The van der Waals surface area contributed by atoms with E-state index < -0.39 is 0 Å². The van der Waals surface area contributed by atoms with Crippen LogP contribution in [0.2, 0.25) is 0 Å². The summed E-state index contributed by atoms with van der Waals surface area (Å²) >= 11 is 0. The molecule has 0 fully saturated rings. The van der Waals surface area contributed by atoms with Crippen molar-refractivity contribution in [2.24, 2.45) is 0 Å². The number of ether oxygens (including phenoxy) is 1. The first kappa shape index (κ1) is 13.4. The van der Waals surface area contributed by atoms with Gasteiger partial charge in [0.05, 0.1) is 6.10 Å². The number of methoxy groups -OCH3 is 1. The molecule has 0 aliphatic rings. The third kappa shape index (κ3) is 6.86. The fourth-order valence-corrected chi connectivity index (χ4v) is 1.07. The van der Waals surface area contributed by atoms with Crippen LogP contribution in [0.4, 0.5) is 0 Å². The molecule has 84 valence electrons. The fourth-order valence-electron chi connectivity index (χ4n) is 1.07. The normalized spacial score (nSPS) is 14.9. The first-order chi connectivity index (χ1) is 6.60. The summed E-state index contributed by atoms with van der Waals surface area (Å²) in [5.41, 5.74) is 0. The van der Waals surface area contributed by atoms with Gasteiger partial charge in [0.1, 0.15) is 0 Å². The molecule has 1 amide bonds. The summed E-state index contributed by atoms with van der Waals surface area (Å²) in [4.78, 5) is 11.3. The molecule has 2 N–H and O–H groups in total. The number of carbonyl (C=O) groups is 1. The minimum atomic E-state index is 0.0230. The number of hydrogen-bond donors (Lipinski definition) is 2. The first-order valence-corrected chi connectivity index (χ1v) is 5.03. The maximum absolute atomic E-state index is 11.3. The quantitative estimate of drug-likeness (QED) is 0.640. The Morgan fingerprint density at radius 2 is 2.07 bits per heavy atom. The molecule has 0 heterocycles. The van der Waals surface area contributed by atoms with E-state index in [4.69, 9.17) is 9.84 Å². The van der Waals surface area contributed by atoms with Gasteiger partial charge in [-0.15, -0.1) is 0 Å². The molecule has 14 heavy (non-hydrogen) atoms. The van der Waals surface area contributed by atoms with E-state index in [1.54, 1.807) is 7.11 Å². The lowest BCUT2D eigenvalue weighted by atomic mass is 10.2. The van der Waals surface area contributed by atoms with Crippen LogP contribution >= 0.6 is 0 Å². The Morgan fingerprint density at radius 3 is 2.57 bits per heavy atom. The molecule has 0 radical (unpaired) electrons. The van der Waals surface area contributed by atoms with Crippen LogP contribution in [0, 0.1) is 0 Å². The average Bonchev–Trinajstić information content (AvgIpc) is 2.14. The zero-order valence-corrected chi connectivity index (χ0v) is 9.25. The topological polar surface area (TPSA) is 58.6 Å². The molecule has 4 heteroatoms. The minimum Gasteiger partial charge on any atom is -0.396 e. The summed E-state index contributed by atoms with van der Waals surface area (Å²) < 4.78 is 5.03. The summed E-state index contributed by atoms with van der Waals surface area (Å²) in [5.74, 6) is 0.0230. The average molecular weight is 203 g/mol. The van der Waals surface area contributed by atoms with Crippen LogP contribution < -0.4 is 5.32 Å². The largest absolute Gasteiger partial charge is 0.396 e. The zero-order chi connectivity index (χ0) is 11.0. The van der Waals surface area contributed by atoms with Crippen LogP contribution in [0.1, 0.15) is 33.1 Å². The maximum Gasteiger partial charge on any atom is 0.220 e. The second-order valence-corrected chi connectivity index (χ2v) is 3.57. The van der Waals surface area contributed by atoms with E-state index in [1.165, 1.54) is 0 Å². The molecule has 0 aromatic rings. The molecule has 2 unspecified atom stereocenters. The van der Waals surface area contributed by atoms with Gasteiger partial charge in [0, 0.05) is 26.2 Å². The van der Waals surface area contributed by atoms with Crippen molar-refractivity contribution in [2.75, 3.05) is 13.7 Å². The Bertz CT molecular complexity index is 161. The van der Waals surface area contributed by atoms with Crippen molar-refractivity contribution in [2.45, 2.75) is 45.3 Å². The number of carbonyl (C=O) groups excluding carboxylic acids is 1. The molecule has 0 aromatic carbocycles. The van der Waals surface area contributed by atoms with E-state index in [2.05, 4.69) is 5.32 Å². The standard InChI is InChI=1S/C10H21NO3/c1-8(6-7-12)11-10(13)5-4-9(2)14-3/h8-9,12H,4-7H2,1-3H3,(H,11,13). The zero-order valence-electron chi connectivity index (χ0n) is 9.25. The molecule has 0 aliphatic carbocycles. The lowest BCUT2D eigenvalue weighted by Gasteiger charge is -2.13. The lowest BCUT2D eigenvalue weighted by molar-refractivity contribution is -0.122. The second-order valence-electron chi connectivity index (χ2n) is 3.57. The maximum atomic E-state index is 11.3. The molecule has 4 nitrogen and oxygen atoms in total. The molecular weight excluding hydrogens is 182 g/mol. The molecule has 0 spiro atoms. The highest BCUT2D eigenvalue weighted by atomic mass is 16.5. The van der Waals surface area contributed by atoms with Crippen LogP contribution in [0.5, 0.6) is 0 Å². The van der Waals surface area contributed by atoms with Gasteiger partial charge in [-0.25, -0.2) is 0 Å². The predicted octanol–water partition coefficient (Wildman–Crippen LogP) is 0.689. The third-order valence-corrected chi connectivity index (χ3v) is 2.15. The highest BCUT2D eigenvalue weighted by molar-refractivity contribution is 5.76. The molecule has 0 aromatic heterocycles. The van der Waals surface area contributed by atoms with Crippen molar-refractivity contribution in [1.82, 2.24) is 5.32 Å². The van der Waals surface area contributed by atoms with Crippen LogP contribution in [0.15, 0.2) is 0 Å². The van der Waals surface area contributed by atoms with Gasteiger partial charge >= 0.3 is 0 Å². The monoisotopic (exact) mass is 203 g/mol. The lowest BCUT2D eigenvalue weighted by Crippen LogP contribution is -2.33. The third-order valence-electron chi connectivity index (χ3n) is 2.15. The number of hydrogen-bond acceptors (Lipinski definition) is 3. The molecule has 0 saturated carbocycles. The Hall–Kier alpha value is -0.610. The van der Waals surface area contributed by atoms with Crippen molar-refractivity contribution < 1.29 is 14.6 Å². The minimum absolute atomic E-state index is 0.0230. The first-order valence-electron chi connectivity index (χ1n) is 5.03. The number of aliphatic hydroxyl groups excluding tert-OH is 1. The predicted molar refractivity (Wildman–Crippen MR) is 55.0 cm³/mol. The van der Waals surface area contributed by atoms with Crippen molar-refractivity contribution in [3.8, 4) is 0 Å². The van der Waals surface area contributed by atoms with Crippen LogP contribution in [-0.4, -0.2) is 36.9 Å². The SMILES string of the molecule is COC(C)CCC(=O)NC(C)CCO. The van der Waals surface area contributed by atoms with Crippen LogP contribution in [0.25, 0.3) is 0 Å². The van der Waals surface area contributed by atoms with Crippen LogP contribution in [-0.2, 0) is 9.53 Å². The van der Waals surface area contributed by atoms with Gasteiger partial charge in [-0.05, 0) is 26.7 Å². The van der Waals surface area contributed by atoms with Gasteiger partial charge in [-0.2, -0.15) is 0 Å². The number of amides is 1. The van der Waals surface area contributed by atoms with Crippen molar-refractivity contribution in [1.29, 1.82) is 0 Å². The summed E-state index contributed by atoms with van der Waals surface area (Å²) in [6.07, 6.45) is 1.93. The number of aliphatic hydroxyl groups is 1. The molecule has 0 rings (SSSR count). The highest BCUT2D eigenvalue weighted by Gasteiger charge is 2.08. The Balaban J connectivity index is 3.54. The van der Waals surface area contributed by atoms with Crippen LogP contribution in [0.3, 0.4) is 0 Å². The Labute approximate surface area is 85.6 Å². The van der Waals surface area contributed by atoms with Crippen molar-refractivity contribution in [3.05, 3.63) is 0 Å². The smallest absolute Gasteiger partial charge is 0.220 e. The van der Waals surface area contributed by atoms with E-state index in [1.807, 2.05) is 13.8 Å². The van der Waals surface area contributed by atoms with E-state index >= 15 is 0 Å². The molecule has 0 saturated heterocycles. The van der Waals surface area contributed by atoms with Gasteiger partial charge in [0.2, 0.25) is 5.91 Å². The Kier molecular flexibility index (Phi) is 7.42. The summed E-state index contributed by atoms with van der Waals surface area (Å²) in [6.45, 7) is 3.92. The van der Waals surface area contributed by atoms with Gasteiger partial charge in [0.15, 0.2) is 0 Å². The van der Waals surface area contributed by atoms with Gasteiger partial charge in [0.25, 0.3) is 0 Å². The number of rotatable bonds is 7. The summed E-state index contributed by atoms with van der Waals surface area (Å²) in [7, 11) is 1.64. The second kappa shape index (κ2) is 7.76. The van der Waals surface area contributed by atoms with E-state index in [9.17, 15) is 4.79 Å². The van der Waals surface area contributed by atoms with E-state index in [-0.39, 0.29) is 24.7 Å². The molecule has 2 atom stereocenters. The van der Waals surface area contributed by atoms with Gasteiger partial charge in [-0.3, -0.25) is 4.79 Å². The molecule has 0 bridgehead atoms. The Morgan fingerprint density at radius 1 is 1.43 bits per heavy atom. The molecule has 0 aliphatic heterocycles. The summed E-state index contributed by atoms with van der Waals surface area (Å²) in [5, 5.41) is 11.4. The highest BCUT2D eigenvalue weighted by Crippen LogP contribution is 2.00. The number of nitrogens with one attached hydrogen (secondary N) is 1. The van der Waals surface area contributed by atoms with Gasteiger partial charge < -0.3 is 15.2 Å². The van der Waals surface area contributed by atoms with Crippen molar-refractivity contribution >= 4 is 5.91 Å².